The minimum atomic E-state index is -0.185. The lowest BCUT2D eigenvalue weighted by Crippen LogP contribution is -2.16. The molecule has 316 valence electrons. The van der Waals surface area contributed by atoms with Gasteiger partial charge >= 0.3 is 0 Å². The van der Waals surface area contributed by atoms with Crippen LogP contribution in [0.1, 0.15) is 25.0 Å². The van der Waals surface area contributed by atoms with Crippen molar-refractivity contribution in [3.05, 3.63) is 223 Å². The van der Waals surface area contributed by atoms with Crippen LogP contribution >= 0.6 is 0 Å². The summed E-state index contributed by atoms with van der Waals surface area (Å²) in [5, 5.41) is 6.36. The molecule has 3 heterocycles. The molecule has 0 radical (unpaired) electrons. The minimum Gasteiger partial charge on any atom is -0.456 e. The van der Waals surface area contributed by atoms with E-state index >= 15 is 0 Å². The molecule has 67 heavy (non-hydrogen) atoms. The third-order valence-electron chi connectivity index (χ3n) is 14.3. The van der Waals surface area contributed by atoms with Crippen molar-refractivity contribution in [2.75, 3.05) is 4.90 Å². The zero-order chi connectivity index (χ0) is 44.4. The molecule has 13 aromatic rings. The first-order chi connectivity index (χ1) is 33.0. The Morgan fingerprint density at radius 3 is 1.76 bits per heavy atom. The van der Waals surface area contributed by atoms with Gasteiger partial charge < -0.3 is 18.2 Å². The second-order valence-electron chi connectivity index (χ2n) is 18.4. The molecule has 3 aromatic heterocycles. The van der Waals surface area contributed by atoms with E-state index in [0.29, 0.717) is 0 Å². The van der Waals surface area contributed by atoms with Gasteiger partial charge in [-0.05, 0) is 93.0 Å². The summed E-state index contributed by atoms with van der Waals surface area (Å²) in [6.45, 7) is 4.68. The van der Waals surface area contributed by atoms with E-state index in [0.717, 1.165) is 111 Å². The number of rotatable bonds is 6. The van der Waals surface area contributed by atoms with E-state index in [4.69, 9.17) is 13.3 Å². The highest BCUT2D eigenvalue weighted by molar-refractivity contribution is 6.24. The Bertz CT molecular complexity index is 4110. The monoisotopic (exact) mass is 859 g/mol. The van der Waals surface area contributed by atoms with Crippen molar-refractivity contribution in [1.82, 2.24) is 0 Å². The van der Waals surface area contributed by atoms with E-state index < -0.39 is 0 Å². The lowest BCUT2D eigenvalue weighted by atomic mass is 9.82. The van der Waals surface area contributed by atoms with E-state index in [1.54, 1.807) is 0 Å². The predicted octanol–water partition coefficient (Wildman–Crippen LogP) is 18.2. The van der Waals surface area contributed by atoms with Crippen molar-refractivity contribution >= 4 is 82.9 Å². The van der Waals surface area contributed by atoms with Gasteiger partial charge in [0.15, 0.2) is 5.58 Å². The third kappa shape index (κ3) is 5.60. The van der Waals surface area contributed by atoms with Crippen molar-refractivity contribution in [2.45, 2.75) is 19.3 Å². The van der Waals surface area contributed by atoms with Gasteiger partial charge in [-0.25, -0.2) is 0 Å². The molecule has 0 atom stereocenters. The summed E-state index contributed by atoms with van der Waals surface area (Å²) in [5.74, 6) is 0. The lowest BCUT2D eigenvalue weighted by molar-refractivity contribution is 0.660. The molecule has 0 amide bonds. The van der Waals surface area contributed by atoms with Gasteiger partial charge in [-0.15, -0.1) is 0 Å². The highest BCUT2D eigenvalue weighted by atomic mass is 16.3. The topological polar surface area (TPSA) is 42.7 Å². The largest absolute Gasteiger partial charge is 0.456 e. The average Bonchev–Trinajstić information content (AvgIpc) is 4.12. The summed E-state index contributed by atoms with van der Waals surface area (Å²) in [6, 6.07) is 75.7. The van der Waals surface area contributed by atoms with Crippen LogP contribution in [-0.4, -0.2) is 0 Å². The van der Waals surface area contributed by atoms with Crippen molar-refractivity contribution in [3.8, 4) is 44.5 Å². The molecule has 0 unspecified atom stereocenters. The zero-order valence-corrected chi connectivity index (χ0v) is 36.9. The van der Waals surface area contributed by atoms with Gasteiger partial charge in [0, 0.05) is 60.2 Å². The van der Waals surface area contributed by atoms with Crippen molar-refractivity contribution in [1.29, 1.82) is 0 Å². The lowest BCUT2D eigenvalue weighted by Gasteiger charge is -2.28. The maximum Gasteiger partial charge on any atom is 0.159 e. The van der Waals surface area contributed by atoms with Crippen LogP contribution in [0.2, 0.25) is 0 Å². The van der Waals surface area contributed by atoms with Crippen LogP contribution in [0, 0.1) is 0 Å². The first-order valence-corrected chi connectivity index (χ1v) is 23.0. The Morgan fingerprint density at radius 1 is 0.343 bits per heavy atom. The Kier molecular flexibility index (Phi) is 8.00. The number of hydrogen-bond donors (Lipinski definition) is 0. The fourth-order valence-electron chi connectivity index (χ4n) is 11.1. The van der Waals surface area contributed by atoms with Crippen LogP contribution in [0.5, 0.6) is 0 Å². The first kappa shape index (κ1) is 37.7. The molecular weight excluding hydrogens is 819 g/mol. The van der Waals surface area contributed by atoms with E-state index in [-0.39, 0.29) is 5.41 Å². The molecule has 14 rings (SSSR count). The van der Waals surface area contributed by atoms with E-state index in [1.807, 2.05) is 24.3 Å². The highest BCUT2D eigenvalue weighted by Gasteiger charge is 2.36. The number of hydrogen-bond acceptors (Lipinski definition) is 4. The van der Waals surface area contributed by atoms with Crippen molar-refractivity contribution < 1.29 is 13.3 Å². The summed E-state index contributed by atoms with van der Waals surface area (Å²) in [7, 11) is 0. The molecule has 0 aliphatic heterocycles. The molecule has 1 aliphatic carbocycles. The Labute approximate surface area is 386 Å². The normalized spacial score (nSPS) is 13.0. The van der Waals surface area contributed by atoms with Crippen LogP contribution < -0.4 is 4.90 Å². The van der Waals surface area contributed by atoms with Crippen LogP contribution in [0.4, 0.5) is 17.1 Å². The Hall–Kier alpha value is -8.60. The zero-order valence-electron chi connectivity index (χ0n) is 36.9. The van der Waals surface area contributed by atoms with Crippen LogP contribution in [-0.2, 0) is 5.41 Å². The molecule has 0 saturated heterocycles. The second kappa shape index (κ2) is 14.2. The van der Waals surface area contributed by atoms with Crippen molar-refractivity contribution in [2.24, 2.45) is 0 Å². The van der Waals surface area contributed by atoms with Gasteiger partial charge in [-0.2, -0.15) is 0 Å². The number of fused-ring (bicyclic) bond motifs is 12. The SMILES string of the molecule is CC1(C)c2ccccc2-c2ccc(N(c3ccc(-c4cccc5c4oc4ccccc45)cc3)c3cccc4c3oc3c(-c5ccc(-c6ccccc6)cc5)c5c(cc34)oc3ccccc35)cc21. The number of anilines is 3. The predicted molar refractivity (Wildman–Crippen MR) is 277 cm³/mol. The summed E-state index contributed by atoms with van der Waals surface area (Å²) >= 11 is 0. The molecule has 4 nitrogen and oxygen atoms in total. The molecule has 10 aromatic carbocycles. The average molecular weight is 860 g/mol. The minimum absolute atomic E-state index is 0.185. The van der Waals surface area contributed by atoms with Gasteiger partial charge in [0.1, 0.15) is 27.9 Å². The Balaban J connectivity index is 0.991. The van der Waals surface area contributed by atoms with Gasteiger partial charge in [0.05, 0.1) is 5.69 Å². The summed E-state index contributed by atoms with van der Waals surface area (Å²) in [5.41, 5.74) is 19.7. The van der Waals surface area contributed by atoms with Crippen molar-refractivity contribution in [3.63, 3.8) is 0 Å². The van der Waals surface area contributed by atoms with E-state index in [2.05, 4.69) is 207 Å². The van der Waals surface area contributed by atoms with E-state index in [9.17, 15) is 0 Å². The maximum atomic E-state index is 7.39. The van der Waals surface area contributed by atoms with Gasteiger partial charge in [0.25, 0.3) is 0 Å². The fourth-order valence-corrected chi connectivity index (χ4v) is 11.1. The Morgan fingerprint density at radius 2 is 0.940 bits per heavy atom. The fraction of sp³-hybridized carbons (Fsp3) is 0.0476. The summed E-state index contributed by atoms with van der Waals surface area (Å²) < 4.78 is 20.6. The highest BCUT2D eigenvalue weighted by Crippen LogP contribution is 2.53. The number of para-hydroxylation sites is 4. The number of benzene rings is 10. The molecular formula is C63H41NO3. The smallest absolute Gasteiger partial charge is 0.159 e. The van der Waals surface area contributed by atoms with Gasteiger partial charge in [-0.3, -0.25) is 0 Å². The van der Waals surface area contributed by atoms with Crippen LogP contribution in [0.25, 0.3) is 110 Å². The molecule has 0 N–H and O–H groups in total. The molecule has 0 saturated carbocycles. The third-order valence-corrected chi connectivity index (χ3v) is 14.3. The van der Waals surface area contributed by atoms with Crippen LogP contribution in [0.15, 0.2) is 226 Å². The van der Waals surface area contributed by atoms with Gasteiger partial charge in [0.2, 0.25) is 0 Å². The standard InChI is InChI=1S/C63H41NO3/c1-63(2)52-22-9-6-16-45(52)46-35-34-43(36-53(46)63)64(42-32-30-40(31-33-42)44-19-12-20-48-47-17-7-10-24-55(47)66-60(44)48)54-23-13-21-49-51-37-57-59(50-18-8-11-25-56(50)65-57)58(62(51)67-61(49)54)41-28-26-39(27-29-41)38-14-4-3-5-15-38/h3-37H,1-2H3. The molecule has 0 fully saturated rings. The number of nitrogens with zero attached hydrogens (tertiary/aromatic N) is 1. The second-order valence-corrected chi connectivity index (χ2v) is 18.4. The molecule has 1 aliphatic rings. The quantitative estimate of drug-likeness (QED) is 0.167. The van der Waals surface area contributed by atoms with Gasteiger partial charge in [-0.1, -0.05) is 178 Å². The van der Waals surface area contributed by atoms with Crippen LogP contribution in [0.3, 0.4) is 0 Å². The summed E-state index contributed by atoms with van der Waals surface area (Å²) in [4.78, 5) is 2.36. The summed E-state index contributed by atoms with van der Waals surface area (Å²) in [6.07, 6.45) is 0. The first-order valence-electron chi connectivity index (χ1n) is 23.0. The molecule has 0 bridgehead atoms. The molecule has 0 spiro atoms. The van der Waals surface area contributed by atoms with E-state index in [1.165, 1.54) is 27.8 Å². The number of furan rings is 3. The maximum absolute atomic E-state index is 7.39. The molecule has 4 heteroatoms.